The van der Waals surface area contributed by atoms with Gasteiger partial charge in [-0.1, -0.05) is 36.9 Å². The number of imidazole rings is 2. The van der Waals surface area contributed by atoms with Crippen LogP contribution in [0.5, 0.6) is 11.5 Å². The van der Waals surface area contributed by atoms with E-state index in [0.29, 0.717) is 0 Å². The first-order valence-electron chi connectivity index (χ1n) is 22.0. The summed E-state index contributed by atoms with van der Waals surface area (Å²) in [5.74, 6) is -0.407. The van der Waals surface area contributed by atoms with Crippen LogP contribution in [0, 0.1) is 35.8 Å². The first-order chi connectivity index (χ1) is 33.2. The number of nitriles is 2. The molecular formula is C51H53CoN16O2-. The number of azo groups is 2. The fraction of sp³-hybridized carbons (Fsp3) is 0.275. The first-order valence-corrected chi connectivity index (χ1v) is 22.0. The Bertz CT molecular complexity index is 2860. The molecule has 7 rings (SSSR count). The van der Waals surface area contributed by atoms with Gasteiger partial charge >= 0.3 is 0 Å². The number of hydrogen-bond acceptors (Lipinski definition) is 13. The van der Waals surface area contributed by atoms with Gasteiger partial charge < -0.3 is 44.6 Å². The van der Waals surface area contributed by atoms with E-state index in [1.165, 1.54) is 28.2 Å². The Morgan fingerprint density at radius 2 is 1.24 bits per heavy atom. The average molecular weight is 981 g/mol. The number of hydrogen-bond donors (Lipinski definition) is 2. The van der Waals surface area contributed by atoms with Crippen molar-refractivity contribution in [2.24, 2.45) is 20.5 Å². The molecule has 0 bridgehead atoms. The predicted octanol–water partition coefficient (Wildman–Crippen LogP) is 11.3. The van der Waals surface area contributed by atoms with E-state index in [2.05, 4.69) is 165 Å². The van der Waals surface area contributed by atoms with E-state index in [1.807, 2.05) is 39.8 Å². The zero-order valence-electron chi connectivity index (χ0n) is 40.4. The summed E-state index contributed by atoms with van der Waals surface area (Å²) in [6.45, 7) is 29.8. The van der Waals surface area contributed by atoms with Gasteiger partial charge in [0.1, 0.15) is 47.9 Å². The Labute approximate surface area is 419 Å². The average Bonchev–Trinajstić information content (AvgIpc) is 4.02. The molecule has 19 heteroatoms. The Balaban J connectivity index is 0.000000227. The number of phenols is 2. The quantitative estimate of drug-likeness (QED) is 0.0631. The zero-order valence-corrected chi connectivity index (χ0v) is 41.5. The van der Waals surface area contributed by atoms with Gasteiger partial charge in [0.05, 0.1) is 22.6 Å². The number of fused-ring (bicyclic) bond motifs is 1. The largest absolute Gasteiger partial charge is 0.562 e. The van der Waals surface area contributed by atoms with Crippen molar-refractivity contribution in [1.82, 2.24) is 19.9 Å². The van der Waals surface area contributed by atoms with Crippen LogP contribution in [0.3, 0.4) is 0 Å². The number of para-hydroxylation sites is 1. The molecule has 0 atom stereocenters. The molecule has 4 aromatic carbocycles. The summed E-state index contributed by atoms with van der Waals surface area (Å²) in [6.07, 6.45) is 4.46. The van der Waals surface area contributed by atoms with Crippen LogP contribution in [0.25, 0.3) is 15.8 Å². The van der Waals surface area contributed by atoms with Crippen molar-refractivity contribution in [3.63, 3.8) is 0 Å². The number of aromatic hydroxyl groups is 2. The van der Waals surface area contributed by atoms with Crippen molar-refractivity contribution in [2.75, 3.05) is 62.0 Å². The minimum absolute atomic E-state index is 0. The van der Waals surface area contributed by atoms with Gasteiger partial charge in [0.2, 0.25) is 11.6 Å². The number of rotatable bonds is 13. The third kappa shape index (κ3) is 12.9. The zero-order chi connectivity index (χ0) is 50.3. The fourth-order valence-corrected chi connectivity index (χ4v) is 7.36. The maximum absolute atomic E-state index is 10.0. The molecule has 0 fully saturated rings. The van der Waals surface area contributed by atoms with Crippen molar-refractivity contribution >= 4 is 69.4 Å². The molecule has 0 aliphatic carbocycles. The van der Waals surface area contributed by atoms with Crippen LogP contribution in [0.15, 0.2) is 111 Å². The minimum atomic E-state index is -0.102. The number of anilines is 3. The third-order valence-corrected chi connectivity index (χ3v) is 11.1. The monoisotopic (exact) mass is 980 g/mol. The Morgan fingerprint density at radius 1 is 0.714 bits per heavy atom. The summed E-state index contributed by atoms with van der Waals surface area (Å²) >= 11 is 0. The Kier molecular flexibility index (Phi) is 19.2. The molecule has 0 saturated carbocycles. The second-order valence-electron chi connectivity index (χ2n) is 15.8. The SMILES string of the molecule is CCN(CC)c1ccc(N=Nc2nc(C#N)c(C#N)[n-]2)c(O)c1.CN(C)c1ccc(/C=C/C2=[N+](C)c3ccccc3C2(C)C)cc1.[C-]#[N+]c1nc(N=Nc2ccc(N(CC)CC)cc2O)[n-]c1[N+]#[C-].[Co]. The Hall–Kier alpha value is -8.62. The summed E-state index contributed by atoms with van der Waals surface area (Å²) in [6, 6.07) is 31.0. The molecule has 0 spiro atoms. The molecule has 70 heavy (non-hydrogen) atoms. The van der Waals surface area contributed by atoms with Crippen molar-refractivity contribution in [2.45, 2.75) is 47.0 Å². The fourth-order valence-electron chi connectivity index (χ4n) is 7.36. The molecule has 1 aliphatic rings. The predicted molar refractivity (Wildman–Crippen MR) is 269 cm³/mol. The van der Waals surface area contributed by atoms with Crippen LogP contribution in [0.4, 0.5) is 57.7 Å². The normalized spacial score (nSPS) is 12.1. The molecule has 0 saturated heterocycles. The van der Waals surface area contributed by atoms with Crippen LogP contribution in [-0.2, 0) is 22.2 Å². The molecule has 0 amide bonds. The first kappa shape index (κ1) is 54.0. The van der Waals surface area contributed by atoms with Gasteiger partial charge in [-0.15, -0.1) is 10.2 Å². The van der Waals surface area contributed by atoms with Crippen LogP contribution < -0.4 is 24.7 Å². The molecule has 359 valence electrons. The summed E-state index contributed by atoms with van der Waals surface area (Å²) in [4.78, 5) is 27.6. The van der Waals surface area contributed by atoms with E-state index in [4.69, 9.17) is 23.7 Å². The molecule has 6 aromatic rings. The summed E-state index contributed by atoms with van der Waals surface area (Å²) < 4.78 is 2.31. The molecule has 3 heterocycles. The van der Waals surface area contributed by atoms with Gasteiger partial charge in [-0.3, -0.25) is 15.1 Å². The number of phenolic OH excluding ortho intramolecular Hbond substituents is 2. The second-order valence-corrected chi connectivity index (χ2v) is 15.8. The maximum Gasteiger partial charge on any atom is 0.237 e. The molecule has 1 radical (unpaired) electrons. The number of aromatic nitrogens is 4. The van der Waals surface area contributed by atoms with Gasteiger partial charge in [-0.05, 0) is 89.6 Å². The van der Waals surface area contributed by atoms with E-state index in [-0.39, 0.29) is 80.0 Å². The van der Waals surface area contributed by atoms with Crippen molar-refractivity contribution in [3.05, 3.63) is 136 Å². The van der Waals surface area contributed by atoms with Crippen LogP contribution in [0.1, 0.15) is 64.1 Å². The number of allylic oxidation sites excluding steroid dienone is 1. The molecular weight excluding hydrogens is 928 g/mol. The molecule has 18 nitrogen and oxygen atoms in total. The summed E-state index contributed by atoms with van der Waals surface area (Å²) in [5, 5.41) is 52.9. The topological polar surface area (TPSA) is 213 Å². The van der Waals surface area contributed by atoms with Crippen LogP contribution >= 0.6 is 0 Å². The van der Waals surface area contributed by atoms with Gasteiger partial charge in [-0.25, -0.2) is 11.7 Å². The van der Waals surface area contributed by atoms with E-state index in [9.17, 15) is 10.2 Å². The van der Waals surface area contributed by atoms with E-state index in [0.717, 1.165) is 37.6 Å². The smallest absolute Gasteiger partial charge is 0.237 e. The number of nitrogens with zero attached hydrogens (tertiary/aromatic N) is 16. The second kappa shape index (κ2) is 24.9. The summed E-state index contributed by atoms with van der Waals surface area (Å²) in [5.41, 5.74) is 8.61. The van der Waals surface area contributed by atoms with Crippen molar-refractivity contribution in [3.8, 4) is 23.6 Å². The standard InChI is InChI=1S/C21H25N2.2C15H14N7O.Co/c1-21(2)18-8-6-7-9-19(18)23(5)20(21)15-12-16-10-13-17(14-11-16)22(3)4;1-5-22(6-2)10-7-8-11(12(23)9-10)20-21-15-18-13(16-3)14(17-4)19-15;1-3-22(4-2)10-5-6-11(14(23)7-10)20-21-15-18-12(8-16)13(9-17)19-15;/h6-15H,1-5H3;7-9H,5-6H2,1-2H3,(H-,18,19,20,21,23);5-7H,3-4H2,1-2H3,(H-,18,19,20,21,23);/q+1;2*-1;. The van der Waals surface area contributed by atoms with E-state index in [1.54, 1.807) is 36.4 Å². The molecule has 1 aliphatic heterocycles. The van der Waals surface area contributed by atoms with Crippen molar-refractivity contribution in [1.29, 1.82) is 10.5 Å². The van der Waals surface area contributed by atoms with E-state index >= 15 is 0 Å². The van der Waals surface area contributed by atoms with Crippen LogP contribution in [-0.4, -0.2) is 77.8 Å². The van der Waals surface area contributed by atoms with Gasteiger partial charge in [0.15, 0.2) is 5.71 Å². The van der Waals surface area contributed by atoms with Gasteiger partial charge in [-0.2, -0.15) is 15.1 Å². The molecule has 2 aromatic heterocycles. The van der Waals surface area contributed by atoms with Crippen LogP contribution in [0.2, 0.25) is 0 Å². The number of benzene rings is 4. The Morgan fingerprint density at radius 3 is 1.67 bits per heavy atom. The molecule has 0 unspecified atom stereocenters. The van der Waals surface area contributed by atoms with Crippen molar-refractivity contribution < 1.29 is 31.6 Å². The van der Waals surface area contributed by atoms with Gasteiger partial charge in [0, 0.05) is 110 Å². The molecule has 2 N–H and O–H groups in total. The third-order valence-electron chi connectivity index (χ3n) is 11.1. The van der Waals surface area contributed by atoms with Gasteiger partial charge in [0.25, 0.3) is 0 Å². The minimum Gasteiger partial charge on any atom is -0.562 e. The summed E-state index contributed by atoms with van der Waals surface area (Å²) in [7, 11) is 6.28. The maximum atomic E-state index is 10.0. The van der Waals surface area contributed by atoms with E-state index < -0.39 is 0 Å².